The summed E-state index contributed by atoms with van der Waals surface area (Å²) in [5.74, 6) is 0.834. The number of rotatable bonds is 6. The van der Waals surface area contributed by atoms with Gasteiger partial charge in [-0.15, -0.1) is 0 Å². The molecular formula is C26H20Cl2O3. The first-order valence-corrected chi connectivity index (χ1v) is 10.8. The maximum absolute atomic E-state index is 12.8. The van der Waals surface area contributed by atoms with Crippen LogP contribution in [0.25, 0.3) is 6.08 Å². The lowest BCUT2D eigenvalue weighted by Crippen LogP contribution is -1.99. The molecule has 5 heteroatoms. The molecule has 0 heterocycles. The molecule has 3 aromatic rings. The molecule has 0 bridgehead atoms. The van der Waals surface area contributed by atoms with Gasteiger partial charge in [0.05, 0.1) is 0 Å². The minimum atomic E-state index is 0.00817. The average Bonchev–Trinajstić information content (AvgIpc) is 3.06. The summed E-state index contributed by atoms with van der Waals surface area (Å²) in [5, 5.41) is 1.06. The number of fused-ring (bicyclic) bond motifs is 1. The molecule has 0 saturated heterocycles. The van der Waals surface area contributed by atoms with E-state index in [1.165, 1.54) is 0 Å². The van der Waals surface area contributed by atoms with Crippen LogP contribution in [0, 0.1) is 0 Å². The Hall–Kier alpha value is -2.88. The van der Waals surface area contributed by atoms with Crippen molar-refractivity contribution < 1.29 is 14.3 Å². The Labute approximate surface area is 191 Å². The van der Waals surface area contributed by atoms with Crippen LogP contribution in [-0.2, 0) is 13.0 Å². The second-order valence-electron chi connectivity index (χ2n) is 7.46. The van der Waals surface area contributed by atoms with E-state index >= 15 is 0 Å². The molecule has 0 unspecified atom stereocenters. The number of carbonyl (C=O) groups is 2. The number of ketones is 2. The molecule has 0 aromatic heterocycles. The number of halogens is 2. The first-order valence-electron chi connectivity index (χ1n) is 10.0. The zero-order valence-corrected chi connectivity index (χ0v) is 18.5. The molecule has 1 aliphatic carbocycles. The first kappa shape index (κ1) is 21.4. The highest BCUT2D eigenvalue weighted by atomic mass is 35.5. The number of allylic oxidation sites excluding steroid dienone is 1. The SMILES string of the molecule is CCC(=O)c1ccc(COc2ccc3c(c2)C/C(=C\c2cc(Cl)cc(Cl)c2)C3=O)cc1. The highest BCUT2D eigenvalue weighted by Gasteiger charge is 2.25. The van der Waals surface area contributed by atoms with E-state index in [-0.39, 0.29) is 11.6 Å². The van der Waals surface area contributed by atoms with Crippen LogP contribution in [0.15, 0.2) is 66.2 Å². The van der Waals surface area contributed by atoms with Crippen molar-refractivity contribution in [3.8, 4) is 5.75 Å². The molecule has 0 saturated carbocycles. The van der Waals surface area contributed by atoms with Gasteiger partial charge in [0, 0.05) is 39.6 Å². The van der Waals surface area contributed by atoms with Crippen molar-refractivity contribution in [2.24, 2.45) is 0 Å². The van der Waals surface area contributed by atoms with Crippen molar-refractivity contribution in [1.82, 2.24) is 0 Å². The van der Waals surface area contributed by atoms with Crippen LogP contribution in [0.5, 0.6) is 5.75 Å². The van der Waals surface area contributed by atoms with Crippen molar-refractivity contribution in [2.45, 2.75) is 26.4 Å². The molecule has 31 heavy (non-hydrogen) atoms. The summed E-state index contributed by atoms with van der Waals surface area (Å²) >= 11 is 12.1. The van der Waals surface area contributed by atoms with Crippen LogP contribution in [0.3, 0.4) is 0 Å². The van der Waals surface area contributed by atoms with Crippen LogP contribution < -0.4 is 4.74 Å². The van der Waals surface area contributed by atoms with E-state index in [4.69, 9.17) is 27.9 Å². The van der Waals surface area contributed by atoms with Crippen molar-refractivity contribution in [1.29, 1.82) is 0 Å². The third-order valence-corrected chi connectivity index (χ3v) is 5.66. The summed E-state index contributed by atoms with van der Waals surface area (Å²) in [7, 11) is 0. The number of Topliss-reactive ketones (excluding diaryl/α,β-unsaturated/α-hetero) is 2. The predicted octanol–water partition coefficient (Wildman–Crippen LogP) is 6.99. The zero-order chi connectivity index (χ0) is 22.0. The molecule has 0 spiro atoms. The van der Waals surface area contributed by atoms with Gasteiger partial charge in [0.2, 0.25) is 0 Å². The molecule has 156 valence electrons. The van der Waals surface area contributed by atoms with E-state index in [1.807, 2.05) is 55.5 Å². The molecule has 0 amide bonds. The molecule has 0 atom stereocenters. The number of hydrogen-bond acceptors (Lipinski definition) is 3. The maximum Gasteiger partial charge on any atom is 0.189 e. The van der Waals surface area contributed by atoms with Gasteiger partial charge in [0.25, 0.3) is 0 Å². The number of hydrogen-bond donors (Lipinski definition) is 0. The van der Waals surface area contributed by atoms with E-state index in [0.717, 1.165) is 16.7 Å². The van der Waals surface area contributed by atoms with Crippen molar-refractivity contribution >= 4 is 40.8 Å². The van der Waals surface area contributed by atoms with Gasteiger partial charge in [-0.05, 0) is 59.2 Å². The van der Waals surface area contributed by atoms with Crippen molar-refractivity contribution in [2.75, 3.05) is 0 Å². The summed E-state index contributed by atoms with van der Waals surface area (Å²) in [6.07, 6.45) is 2.85. The highest BCUT2D eigenvalue weighted by molar-refractivity contribution is 6.34. The summed E-state index contributed by atoms with van der Waals surface area (Å²) in [4.78, 5) is 24.5. The number of ether oxygens (including phenoxy) is 1. The fraction of sp³-hybridized carbons (Fsp3) is 0.154. The third-order valence-electron chi connectivity index (χ3n) is 5.22. The van der Waals surface area contributed by atoms with Gasteiger partial charge in [-0.2, -0.15) is 0 Å². The second-order valence-corrected chi connectivity index (χ2v) is 8.33. The predicted molar refractivity (Wildman–Crippen MR) is 124 cm³/mol. The Morgan fingerprint density at radius 1 is 1.00 bits per heavy atom. The van der Waals surface area contributed by atoms with Crippen LogP contribution in [0.4, 0.5) is 0 Å². The van der Waals surface area contributed by atoms with Gasteiger partial charge in [0.15, 0.2) is 11.6 Å². The van der Waals surface area contributed by atoms with E-state index in [0.29, 0.717) is 51.9 Å². The van der Waals surface area contributed by atoms with Gasteiger partial charge in [-0.25, -0.2) is 0 Å². The topological polar surface area (TPSA) is 43.4 Å². The van der Waals surface area contributed by atoms with Crippen LogP contribution in [-0.4, -0.2) is 11.6 Å². The van der Waals surface area contributed by atoms with Crippen LogP contribution in [0.1, 0.15) is 50.8 Å². The Morgan fingerprint density at radius 2 is 1.71 bits per heavy atom. The van der Waals surface area contributed by atoms with Gasteiger partial charge in [-0.1, -0.05) is 54.4 Å². The number of benzene rings is 3. The minimum Gasteiger partial charge on any atom is -0.489 e. The monoisotopic (exact) mass is 450 g/mol. The number of carbonyl (C=O) groups excluding carboxylic acids is 2. The minimum absolute atomic E-state index is 0.00817. The van der Waals surface area contributed by atoms with Gasteiger partial charge >= 0.3 is 0 Å². The lowest BCUT2D eigenvalue weighted by molar-refractivity contribution is 0.0987. The molecule has 0 fully saturated rings. The quantitative estimate of drug-likeness (QED) is 0.300. The summed E-state index contributed by atoms with van der Waals surface area (Å²) in [6.45, 7) is 2.24. The molecule has 3 aromatic carbocycles. The zero-order valence-electron chi connectivity index (χ0n) is 17.0. The normalized spacial score (nSPS) is 14.0. The fourth-order valence-corrected chi connectivity index (χ4v) is 4.16. The van der Waals surface area contributed by atoms with Gasteiger partial charge in [-0.3, -0.25) is 9.59 Å². The van der Waals surface area contributed by atoms with E-state index in [9.17, 15) is 9.59 Å². The summed E-state index contributed by atoms with van der Waals surface area (Å²) in [6, 6.07) is 18.2. The van der Waals surface area contributed by atoms with Gasteiger partial charge in [0.1, 0.15) is 12.4 Å². The third kappa shape index (κ3) is 4.90. The Bertz CT molecular complexity index is 1170. The van der Waals surface area contributed by atoms with Crippen LogP contribution in [0.2, 0.25) is 10.0 Å². The molecule has 0 aliphatic heterocycles. The smallest absolute Gasteiger partial charge is 0.189 e. The summed E-state index contributed by atoms with van der Waals surface area (Å²) in [5.41, 5.74) is 4.81. The lowest BCUT2D eigenvalue weighted by atomic mass is 10.1. The molecular weight excluding hydrogens is 431 g/mol. The fourth-order valence-electron chi connectivity index (χ4n) is 3.62. The Morgan fingerprint density at radius 3 is 2.39 bits per heavy atom. The summed E-state index contributed by atoms with van der Waals surface area (Å²) < 4.78 is 5.91. The molecule has 3 nitrogen and oxygen atoms in total. The molecule has 1 aliphatic rings. The Balaban J connectivity index is 1.47. The van der Waals surface area contributed by atoms with Gasteiger partial charge < -0.3 is 4.74 Å². The molecule has 0 N–H and O–H groups in total. The standard InChI is InChI=1S/C26H20Cl2O3/c1-2-25(29)18-5-3-16(4-6-18)15-31-23-7-8-24-19(13-23)12-20(26(24)30)9-17-10-21(27)14-22(28)11-17/h3-11,13-14H,2,12,15H2,1H3/b20-9+. The van der Waals surface area contributed by atoms with Crippen molar-refractivity contribution in [3.05, 3.63) is 104 Å². The Kier molecular flexibility index (Phi) is 6.26. The van der Waals surface area contributed by atoms with Crippen LogP contribution >= 0.6 is 23.2 Å². The molecule has 0 radical (unpaired) electrons. The molecule has 4 rings (SSSR count). The second kappa shape index (κ2) is 9.09. The maximum atomic E-state index is 12.8. The lowest BCUT2D eigenvalue weighted by Gasteiger charge is -2.08. The van der Waals surface area contributed by atoms with E-state index in [2.05, 4.69) is 0 Å². The largest absolute Gasteiger partial charge is 0.489 e. The first-order chi connectivity index (χ1) is 14.9. The van der Waals surface area contributed by atoms with E-state index in [1.54, 1.807) is 18.2 Å². The average molecular weight is 451 g/mol. The van der Waals surface area contributed by atoms with E-state index < -0.39 is 0 Å². The van der Waals surface area contributed by atoms with Crippen molar-refractivity contribution in [3.63, 3.8) is 0 Å². The highest BCUT2D eigenvalue weighted by Crippen LogP contribution is 2.32.